The molecule has 2 aromatic rings. The Morgan fingerprint density at radius 3 is 2.92 bits per heavy atom. The molecule has 0 atom stereocenters. The number of para-hydroxylation sites is 1. The zero-order valence-corrected chi connectivity index (χ0v) is 7.27. The summed E-state index contributed by atoms with van der Waals surface area (Å²) in [5.41, 5.74) is 2.26. The van der Waals surface area contributed by atoms with Crippen molar-refractivity contribution in [3.8, 4) is 0 Å². The molecule has 13 heavy (non-hydrogen) atoms. The van der Waals surface area contributed by atoms with Gasteiger partial charge in [-0.05, 0) is 24.1 Å². The van der Waals surface area contributed by atoms with E-state index in [-0.39, 0.29) is 0 Å². The lowest BCUT2D eigenvalue weighted by molar-refractivity contribution is 1.27. The van der Waals surface area contributed by atoms with Crippen molar-refractivity contribution in [2.75, 3.05) is 0 Å². The summed E-state index contributed by atoms with van der Waals surface area (Å²) in [7, 11) is 0. The van der Waals surface area contributed by atoms with E-state index < -0.39 is 0 Å². The van der Waals surface area contributed by atoms with Gasteiger partial charge in [0.2, 0.25) is 0 Å². The van der Waals surface area contributed by atoms with Crippen LogP contribution < -0.4 is 0 Å². The van der Waals surface area contributed by atoms with Gasteiger partial charge in [-0.2, -0.15) is 0 Å². The first-order chi connectivity index (χ1) is 6.42. The number of aromatic nitrogens is 1. The number of nitrogens with zero attached hydrogens (tertiary/aromatic N) is 1. The van der Waals surface area contributed by atoms with Crippen LogP contribution in [0, 0.1) is 6.58 Å². The Hall–Kier alpha value is -1.63. The van der Waals surface area contributed by atoms with E-state index in [0.717, 1.165) is 11.9 Å². The highest BCUT2D eigenvalue weighted by Gasteiger charge is 1.97. The number of rotatable bonds is 2. The van der Waals surface area contributed by atoms with Crippen molar-refractivity contribution < 1.29 is 0 Å². The van der Waals surface area contributed by atoms with Crippen LogP contribution in [-0.4, -0.2) is 4.98 Å². The lowest BCUT2D eigenvalue weighted by Gasteiger charge is -2.01. The van der Waals surface area contributed by atoms with E-state index in [9.17, 15) is 0 Å². The smallest absolute Gasteiger partial charge is 0.0704 e. The molecule has 1 nitrogen and oxygen atoms in total. The molecule has 2 rings (SSSR count). The van der Waals surface area contributed by atoms with E-state index in [4.69, 9.17) is 6.58 Å². The molecule has 0 amide bonds. The molecule has 1 aromatic carbocycles. The van der Waals surface area contributed by atoms with Gasteiger partial charge in [-0.25, -0.2) is 0 Å². The summed E-state index contributed by atoms with van der Waals surface area (Å²) in [5, 5.41) is 1.19. The summed E-state index contributed by atoms with van der Waals surface area (Å²) in [6.07, 6.45) is 4.28. The van der Waals surface area contributed by atoms with Crippen molar-refractivity contribution >= 4 is 10.9 Å². The molecule has 0 aliphatic heterocycles. The van der Waals surface area contributed by atoms with Gasteiger partial charge in [0.05, 0.1) is 5.52 Å². The van der Waals surface area contributed by atoms with Crippen molar-refractivity contribution in [1.29, 1.82) is 0 Å². The second-order valence-corrected chi connectivity index (χ2v) is 2.93. The van der Waals surface area contributed by atoms with Crippen molar-refractivity contribution in [2.24, 2.45) is 0 Å². The van der Waals surface area contributed by atoms with E-state index in [2.05, 4.69) is 11.1 Å². The average molecular weight is 168 g/mol. The third-order valence-corrected chi connectivity index (χ3v) is 2.08. The molecule has 0 unspecified atom stereocenters. The van der Waals surface area contributed by atoms with Gasteiger partial charge >= 0.3 is 0 Å². The van der Waals surface area contributed by atoms with Crippen LogP contribution in [0.15, 0.2) is 42.6 Å². The van der Waals surface area contributed by atoms with E-state index in [1.807, 2.05) is 30.5 Å². The maximum Gasteiger partial charge on any atom is 0.0704 e. The molecule has 1 aromatic heterocycles. The van der Waals surface area contributed by atoms with Gasteiger partial charge in [0.1, 0.15) is 0 Å². The predicted octanol–water partition coefficient (Wildman–Crippen LogP) is 2.77. The van der Waals surface area contributed by atoms with E-state index in [1.165, 1.54) is 10.9 Å². The molecule has 0 saturated carbocycles. The van der Waals surface area contributed by atoms with Crippen molar-refractivity contribution in [3.05, 3.63) is 54.7 Å². The van der Waals surface area contributed by atoms with Crippen molar-refractivity contribution in [1.82, 2.24) is 4.98 Å². The minimum atomic E-state index is 0.795. The first-order valence-electron chi connectivity index (χ1n) is 4.28. The number of fused-ring (bicyclic) bond motifs is 1. The van der Waals surface area contributed by atoms with Crippen LogP contribution in [0.3, 0.4) is 0 Å². The molecule has 1 heteroatoms. The van der Waals surface area contributed by atoms with Gasteiger partial charge in [0.15, 0.2) is 0 Å². The first-order valence-corrected chi connectivity index (χ1v) is 4.28. The highest BCUT2D eigenvalue weighted by Crippen LogP contribution is 2.16. The second kappa shape index (κ2) is 3.40. The Balaban J connectivity index is 2.68. The molecule has 0 N–H and O–H groups in total. The molecular weight excluding hydrogens is 158 g/mol. The fraction of sp³-hybridized carbons (Fsp3) is 0.0833. The van der Waals surface area contributed by atoms with Crippen LogP contribution in [0.2, 0.25) is 0 Å². The molecule has 1 radical (unpaired) electrons. The Labute approximate surface area is 77.7 Å². The zero-order valence-electron chi connectivity index (χ0n) is 7.27. The molecule has 0 saturated heterocycles. The van der Waals surface area contributed by atoms with Crippen LogP contribution >= 0.6 is 0 Å². The highest BCUT2D eigenvalue weighted by atomic mass is 14.6. The monoisotopic (exact) mass is 168 g/mol. The molecule has 0 aliphatic carbocycles. The van der Waals surface area contributed by atoms with Gasteiger partial charge in [0, 0.05) is 11.6 Å². The molecule has 0 bridgehead atoms. The van der Waals surface area contributed by atoms with Crippen molar-refractivity contribution in [2.45, 2.75) is 6.42 Å². The Bertz CT molecular complexity index is 427. The number of pyridine rings is 1. The topological polar surface area (TPSA) is 12.9 Å². The van der Waals surface area contributed by atoms with E-state index >= 15 is 0 Å². The highest BCUT2D eigenvalue weighted by molar-refractivity contribution is 5.81. The number of benzene rings is 1. The summed E-state index contributed by atoms with van der Waals surface area (Å²) in [5.74, 6) is 0. The standard InChI is InChI=1S/C12H10N/c1-2-5-10-8-9-13-12-7-4-3-6-11(10)12/h1-4,6-9H,5H2. The molecule has 0 spiro atoms. The summed E-state index contributed by atoms with van der Waals surface area (Å²) in [6, 6.07) is 10.1. The van der Waals surface area contributed by atoms with E-state index in [0.29, 0.717) is 0 Å². The third kappa shape index (κ3) is 1.45. The fourth-order valence-corrected chi connectivity index (χ4v) is 1.46. The SMILES string of the molecule is [CH]=CCc1ccnc2ccccc12. The molecular formula is C12H10N. The quantitative estimate of drug-likeness (QED) is 0.672. The predicted molar refractivity (Wildman–Crippen MR) is 54.3 cm³/mol. The normalized spacial score (nSPS) is 10.2. The number of hydrogen-bond acceptors (Lipinski definition) is 1. The van der Waals surface area contributed by atoms with Crippen LogP contribution in [0.25, 0.3) is 10.9 Å². The fourth-order valence-electron chi connectivity index (χ4n) is 1.46. The van der Waals surface area contributed by atoms with Gasteiger partial charge in [-0.1, -0.05) is 30.9 Å². The number of hydrogen-bond donors (Lipinski definition) is 0. The summed E-state index contributed by atoms with van der Waals surface area (Å²) in [4.78, 5) is 4.27. The Kier molecular flexibility index (Phi) is 2.09. The van der Waals surface area contributed by atoms with Gasteiger partial charge in [0.25, 0.3) is 0 Å². The largest absolute Gasteiger partial charge is 0.256 e. The lowest BCUT2D eigenvalue weighted by atomic mass is 10.1. The zero-order chi connectivity index (χ0) is 9.10. The maximum absolute atomic E-state index is 5.41. The second-order valence-electron chi connectivity index (χ2n) is 2.93. The van der Waals surface area contributed by atoms with Crippen LogP contribution in [0.4, 0.5) is 0 Å². The maximum atomic E-state index is 5.41. The van der Waals surface area contributed by atoms with Crippen LogP contribution in [0.5, 0.6) is 0 Å². The first kappa shape index (κ1) is 7.99. The summed E-state index contributed by atoms with van der Waals surface area (Å²) in [6.45, 7) is 5.41. The summed E-state index contributed by atoms with van der Waals surface area (Å²) >= 11 is 0. The van der Waals surface area contributed by atoms with Crippen LogP contribution in [-0.2, 0) is 6.42 Å². The third-order valence-electron chi connectivity index (χ3n) is 2.08. The van der Waals surface area contributed by atoms with Gasteiger partial charge in [-0.3, -0.25) is 4.98 Å². The minimum Gasteiger partial charge on any atom is -0.256 e. The Morgan fingerprint density at radius 2 is 2.08 bits per heavy atom. The van der Waals surface area contributed by atoms with Crippen LogP contribution in [0.1, 0.15) is 5.56 Å². The lowest BCUT2D eigenvalue weighted by Crippen LogP contribution is -1.85. The minimum absolute atomic E-state index is 0.795. The average Bonchev–Trinajstić information content (AvgIpc) is 2.19. The molecule has 0 fully saturated rings. The van der Waals surface area contributed by atoms with Gasteiger partial charge in [-0.15, -0.1) is 0 Å². The number of allylic oxidation sites excluding steroid dienone is 1. The summed E-state index contributed by atoms with van der Waals surface area (Å²) < 4.78 is 0. The Morgan fingerprint density at radius 1 is 1.23 bits per heavy atom. The molecule has 1 heterocycles. The van der Waals surface area contributed by atoms with Gasteiger partial charge < -0.3 is 0 Å². The van der Waals surface area contributed by atoms with E-state index in [1.54, 1.807) is 6.08 Å². The van der Waals surface area contributed by atoms with Crippen molar-refractivity contribution in [3.63, 3.8) is 0 Å². The molecule has 63 valence electrons. The molecule has 0 aliphatic rings.